The molecule has 0 N–H and O–H groups in total. The molecular formula is C33H36N2O10. The minimum Gasteiger partial charge on any atom is -0.344 e. The maximum absolute atomic E-state index is 13.8. The number of hydroxylamine groups is 4. The van der Waals surface area contributed by atoms with Gasteiger partial charge in [-0.1, -0.05) is 60.7 Å². The molecule has 3 aliphatic heterocycles. The molecule has 12 nitrogen and oxygen atoms in total. The van der Waals surface area contributed by atoms with Crippen molar-refractivity contribution in [1.29, 1.82) is 0 Å². The number of aryl methyl sites for hydroxylation is 2. The number of carbonyl (C=O) groups is 6. The topological polar surface area (TPSA) is 146 Å². The zero-order valence-corrected chi connectivity index (χ0v) is 25.2. The molecule has 0 spiro atoms. The Bertz CT molecular complexity index is 1300. The van der Waals surface area contributed by atoms with Crippen molar-refractivity contribution in [2.45, 2.75) is 83.2 Å². The Labute approximate surface area is 260 Å². The summed E-state index contributed by atoms with van der Waals surface area (Å²) in [5.41, 5.74) is 1.84. The third kappa shape index (κ3) is 7.63. The molecule has 3 fully saturated rings. The largest absolute Gasteiger partial charge is 0.344 e. The van der Waals surface area contributed by atoms with Gasteiger partial charge in [-0.05, 0) is 50.7 Å². The van der Waals surface area contributed by atoms with Gasteiger partial charge < -0.3 is 19.1 Å². The van der Waals surface area contributed by atoms with Crippen LogP contribution in [0.25, 0.3) is 0 Å². The highest BCUT2D eigenvalue weighted by atomic mass is 16.8. The van der Waals surface area contributed by atoms with E-state index in [9.17, 15) is 28.8 Å². The molecule has 0 saturated carbocycles. The molecule has 4 atom stereocenters. The fourth-order valence-corrected chi connectivity index (χ4v) is 5.84. The predicted molar refractivity (Wildman–Crippen MR) is 155 cm³/mol. The van der Waals surface area contributed by atoms with Crippen molar-refractivity contribution < 1.29 is 47.9 Å². The lowest BCUT2D eigenvalue weighted by Gasteiger charge is -2.30. The van der Waals surface area contributed by atoms with Crippen molar-refractivity contribution in [2.75, 3.05) is 0 Å². The molecule has 12 heteroatoms. The standard InChI is InChI=1S/C33H36N2O10/c1-33(2)42-29(23(15-13-21-9-5-3-6-10-21)31(40)44-34-25(36)17-18-26(34)37)30(43-33)24(16-14-22-11-7-4-8-12-22)32(41)45-35-27(38)19-20-28(35)39/h3-12,23-24,29-30H,13-20H2,1-2H3/t23-,24-,29+,30+/m1/s1. The molecule has 3 aliphatic rings. The first kappa shape index (κ1) is 32.0. The number of nitrogens with zero attached hydrogens (tertiary/aromatic N) is 2. The Morgan fingerprint density at radius 2 is 1.00 bits per heavy atom. The van der Waals surface area contributed by atoms with Crippen LogP contribution in [0.2, 0.25) is 0 Å². The van der Waals surface area contributed by atoms with Gasteiger partial charge in [0.2, 0.25) is 0 Å². The molecule has 238 valence electrons. The minimum absolute atomic E-state index is 0.0686. The second-order valence-corrected chi connectivity index (χ2v) is 11.8. The molecule has 3 heterocycles. The van der Waals surface area contributed by atoms with E-state index < -0.39 is 65.4 Å². The normalized spacial score (nSPS) is 22.5. The molecule has 3 saturated heterocycles. The van der Waals surface area contributed by atoms with Gasteiger partial charge in [-0.2, -0.15) is 0 Å². The number of imide groups is 2. The van der Waals surface area contributed by atoms with Crippen LogP contribution in [-0.2, 0) is 60.8 Å². The predicted octanol–water partition coefficient (Wildman–Crippen LogP) is 3.22. The molecule has 0 aliphatic carbocycles. The summed E-state index contributed by atoms with van der Waals surface area (Å²) in [6.45, 7) is 3.28. The summed E-state index contributed by atoms with van der Waals surface area (Å²) >= 11 is 0. The highest BCUT2D eigenvalue weighted by Gasteiger charge is 2.54. The van der Waals surface area contributed by atoms with Gasteiger partial charge in [-0.15, -0.1) is 10.1 Å². The molecule has 45 heavy (non-hydrogen) atoms. The van der Waals surface area contributed by atoms with Crippen molar-refractivity contribution in [2.24, 2.45) is 11.8 Å². The lowest BCUT2D eigenvalue weighted by molar-refractivity contribution is -0.206. The van der Waals surface area contributed by atoms with E-state index in [4.69, 9.17) is 19.1 Å². The number of ether oxygens (including phenoxy) is 2. The lowest BCUT2D eigenvalue weighted by Crippen LogP contribution is -2.47. The van der Waals surface area contributed by atoms with Gasteiger partial charge in [0.05, 0.1) is 11.8 Å². The first-order valence-electron chi connectivity index (χ1n) is 15.1. The van der Waals surface area contributed by atoms with E-state index in [1.165, 1.54) is 0 Å². The second-order valence-electron chi connectivity index (χ2n) is 11.8. The van der Waals surface area contributed by atoms with Crippen molar-refractivity contribution >= 4 is 35.6 Å². The molecule has 2 aromatic carbocycles. The van der Waals surface area contributed by atoms with E-state index in [2.05, 4.69) is 0 Å². The van der Waals surface area contributed by atoms with E-state index in [-0.39, 0.29) is 38.5 Å². The second kappa shape index (κ2) is 13.7. The van der Waals surface area contributed by atoms with Crippen LogP contribution in [0.3, 0.4) is 0 Å². The Kier molecular flexibility index (Phi) is 9.74. The Morgan fingerprint density at radius 1 is 0.667 bits per heavy atom. The van der Waals surface area contributed by atoms with Gasteiger partial charge in [0.15, 0.2) is 5.79 Å². The van der Waals surface area contributed by atoms with E-state index >= 15 is 0 Å². The summed E-state index contributed by atoms with van der Waals surface area (Å²) in [6, 6.07) is 18.8. The fraction of sp³-hybridized carbons (Fsp3) is 0.455. The number of benzene rings is 2. The highest BCUT2D eigenvalue weighted by molar-refractivity contribution is 6.02. The number of carbonyl (C=O) groups excluding carboxylic acids is 6. The van der Waals surface area contributed by atoms with Crippen molar-refractivity contribution in [1.82, 2.24) is 10.1 Å². The zero-order valence-electron chi connectivity index (χ0n) is 25.2. The molecule has 0 bridgehead atoms. The Hall–Kier alpha value is -4.42. The highest BCUT2D eigenvalue weighted by Crippen LogP contribution is 2.40. The van der Waals surface area contributed by atoms with Crippen LogP contribution >= 0.6 is 0 Å². The molecule has 2 aromatic rings. The minimum atomic E-state index is -1.26. The number of hydrogen-bond donors (Lipinski definition) is 0. The zero-order chi connectivity index (χ0) is 32.1. The fourth-order valence-electron chi connectivity index (χ4n) is 5.84. The maximum atomic E-state index is 13.8. The van der Waals surface area contributed by atoms with Crippen LogP contribution < -0.4 is 0 Å². The SMILES string of the molecule is CC1(C)O[C@@H]([C@@H](CCc2ccccc2)C(=O)ON2C(=O)CCC2=O)[C@H]([C@@H](CCc2ccccc2)C(=O)ON2C(=O)CCC2=O)O1. The van der Waals surface area contributed by atoms with Gasteiger partial charge in [-0.3, -0.25) is 19.2 Å². The van der Waals surface area contributed by atoms with Crippen LogP contribution in [0.4, 0.5) is 0 Å². The molecule has 5 rings (SSSR count). The molecular weight excluding hydrogens is 584 g/mol. The Balaban J connectivity index is 1.46. The van der Waals surface area contributed by atoms with Gasteiger partial charge in [0.1, 0.15) is 12.2 Å². The van der Waals surface area contributed by atoms with Crippen LogP contribution in [0, 0.1) is 11.8 Å². The quantitative estimate of drug-likeness (QED) is 0.324. The lowest BCUT2D eigenvalue weighted by atomic mass is 9.84. The average Bonchev–Trinajstić information content (AvgIpc) is 3.63. The van der Waals surface area contributed by atoms with Gasteiger partial charge in [-0.25, -0.2) is 9.59 Å². The van der Waals surface area contributed by atoms with Gasteiger partial charge in [0.25, 0.3) is 23.6 Å². The van der Waals surface area contributed by atoms with Gasteiger partial charge in [0, 0.05) is 25.7 Å². The maximum Gasteiger partial charge on any atom is 0.338 e. The van der Waals surface area contributed by atoms with Crippen LogP contribution in [-0.4, -0.2) is 63.7 Å². The number of rotatable bonds is 12. The van der Waals surface area contributed by atoms with E-state index in [1.807, 2.05) is 60.7 Å². The van der Waals surface area contributed by atoms with Crippen molar-refractivity contribution in [3.05, 3.63) is 71.8 Å². The smallest absolute Gasteiger partial charge is 0.338 e. The first-order valence-corrected chi connectivity index (χ1v) is 15.1. The number of hydrogen-bond acceptors (Lipinski definition) is 10. The van der Waals surface area contributed by atoms with E-state index in [1.54, 1.807) is 13.8 Å². The molecule has 0 unspecified atom stereocenters. The summed E-state index contributed by atoms with van der Waals surface area (Å²) < 4.78 is 12.6. The third-order valence-corrected chi connectivity index (χ3v) is 8.11. The van der Waals surface area contributed by atoms with Crippen LogP contribution in [0.1, 0.15) is 63.5 Å². The van der Waals surface area contributed by atoms with E-state index in [0.717, 1.165) is 11.1 Å². The first-order chi connectivity index (χ1) is 21.5. The van der Waals surface area contributed by atoms with Gasteiger partial charge >= 0.3 is 11.9 Å². The van der Waals surface area contributed by atoms with Crippen LogP contribution in [0.15, 0.2) is 60.7 Å². The van der Waals surface area contributed by atoms with Crippen molar-refractivity contribution in [3.8, 4) is 0 Å². The molecule has 0 aromatic heterocycles. The molecule has 4 amide bonds. The average molecular weight is 621 g/mol. The summed E-state index contributed by atoms with van der Waals surface area (Å²) in [6.07, 6.45) is -1.28. The summed E-state index contributed by atoms with van der Waals surface area (Å²) in [4.78, 5) is 87.5. The van der Waals surface area contributed by atoms with Crippen LogP contribution in [0.5, 0.6) is 0 Å². The molecule has 0 radical (unpaired) electrons. The Morgan fingerprint density at radius 3 is 1.33 bits per heavy atom. The summed E-state index contributed by atoms with van der Waals surface area (Å²) in [5, 5.41) is 0.971. The summed E-state index contributed by atoms with van der Waals surface area (Å²) in [5.74, 6) is -7.69. The summed E-state index contributed by atoms with van der Waals surface area (Å²) in [7, 11) is 0. The third-order valence-electron chi connectivity index (χ3n) is 8.11. The van der Waals surface area contributed by atoms with E-state index in [0.29, 0.717) is 23.0 Å². The number of amides is 4. The van der Waals surface area contributed by atoms with Crippen molar-refractivity contribution in [3.63, 3.8) is 0 Å². The monoisotopic (exact) mass is 620 g/mol.